The van der Waals surface area contributed by atoms with Crippen LogP contribution in [0.15, 0.2) is 36.9 Å². The maximum Gasteiger partial charge on any atom is 0.223 e. The molecule has 2 unspecified atom stereocenters. The smallest absolute Gasteiger partial charge is 0.223 e. The largest absolute Gasteiger partial charge is 0.497 e. The van der Waals surface area contributed by atoms with Crippen molar-refractivity contribution in [1.82, 2.24) is 0 Å². The number of nitro groups is 1. The summed E-state index contributed by atoms with van der Waals surface area (Å²) in [6.45, 7) is 5.51. The van der Waals surface area contributed by atoms with E-state index in [0.717, 1.165) is 11.3 Å². The molecule has 4 nitrogen and oxygen atoms in total. The molecule has 1 aromatic rings. The van der Waals surface area contributed by atoms with Gasteiger partial charge in [0.15, 0.2) is 0 Å². The lowest BCUT2D eigenvalue weighted by molar-refractivity contribution is -0.525. The average molecular weight is 235 g/mol. The van der Waals surface area contributed by atoms with Crippen LogP contribution in [-0.4, -0.2) is 18.1 Å². The van der Waals surface area contributed by atoms with Gasteiger partial charge in [0.05, 0.1) is 13.0 Å². The van der Waals surface area contributed by atoms with Crippen molar-refractivity contribution in [3.63, 3.8) is 0 Å². The number of hydrogen-bond acceptors (Lipinski definition) is 3. The first-order chi connectivity index (χ1) is 8.13. The molecule has 1 aromatic carbocycles. The van der Waals surface area contributed by atoms with Gasteiger partial charge in [0.25, 0.3) is 0 Å². The van der Waals surface area contributed by atoms with Gasteiger partial charge in [0.2, 0.25) is 6.04 Å². The van der Waals surface area contributed by atoms with E-state index in [1.807, 2.05) is 19.1 Å². The maximum atomic E-state index is 11.0. The molecular formula is C13H17NO3. The summed E-state index contributed by atoms with van der Waals surface area (Å²) in [7, 11) is 1.59. The second kappa shape index (κ2) is 6.03. The lowest BCUT2D eigenvalue weighted by atomic mass is 9.90. The molecular weight excluding hydrogens is 218 g/mol. The molecule has 0 aromatic heterocycles. The second-order valence-electron chi connectivity index (χ2n) is 3.80. The first-order valence-corrected chi connectivity index (χ1v) is 5.54. The Morgan fingerprint density at radius 3 is 2.41 bits per heavy atom. The van der Waals surface area contributed by atoms with Crippen molar-refractivity contribution in [1.29, 1.82) is 0 Å². The molecule has 92 valence electrons. The highest BCUT2D eigenvalue weighted by Gasteiger charge is 2.28. The first kappa shape index (κ1) is 13.2. The highest BCUT2D eigenvalue weighted by molar-refractivity contribution is 5.31. The molecule has 0 aliphatic heterocycles. The predicted molar refractivity (Wildman–Crippen MR) is 67.0 cm³/mol. The van der Waals surface area contributed by atoms with Crippen molar-refractivity contribution < 1.29 is 9.66 Å². The summed E-state index contributed by atoms with van der Waals surface area (Å²) < 4.78 is 5.06. The predicted octanol–water partition coefficient (Wildman–Crippen LogP) is 3.02. The Hall–Kier alpha value is -1.84. The van der Waals surface area contributed by atoms with Crippen LogP contribution < -0.4 is 4.74 Å². The van der Waals surface area contributed by atoms with E-state index < -0.39 is 6.04 Å². The normalized spacial score (nSPS) is 13.8. The third-order valence-corrected chi connectivity index (χ3v) is 2.86. The van der Waals surface area contributed by atoms with Gasteiger partial charge in [0.1, 0.15) is 5.75 Å². The highest BCUT2D eigenvalue weighted by atomic mass is 16.6. The molecule has 0 radical (unpaired) electrons. The van der Waals surface area contributed by atoms with Gasteiger partial charge in [-0.2, -0.15) is 0 Å². The Kier molecular flexibility index (Phi) is 4.69. The Labute approximate surface area is 101 Å². The van der Waals surface area contributed by atoms with E-state index in [-0.39, 0.29) is 10.8 Å². The monoisotopic (exact) mass is 235 g/mol. The van der Waals surface area contributed by atoms with Gasteiger partial charge in [-0.05, 0) is 17.7 Å². The standard InChI is InChI=1S/C13H17NO3/c1-4-12(13(5-2)14(15)16)10-6-8-11(17-3)9-7-10/h4,6-9,12-13H,1,5H2,2-3H3. The second-order valence-corrected chi connectivity index (χ2v) is 3.80. The summed E-state index contributed by atoms with van der Waals surface area (Å²) in [5.41, 5.74) is 0.893. The zero-order chi connectivity index (χ0) is 12.8. The summed E-state index contributed by atoms with van der Waals surface area (Å²) >= 11 is 0. The van der Waals surface area contributed by atoms with Gasteiger partial charge in [-0.15, -0.1) is 6.58 Å². The van der Waals surface area contributed by atoms with E-state index in [1.54, 1.807) is 25.3 Å². The highest BCUT2D eigenvalue weighted by Crippen LogP contribution is 2.26. The number of ether oxygens (including phenoxy) is 1. The molecule has 17 heavy (non-hydrogen) atoms. The molecule has 0 saturated carbocycles. The zero-order valence-corrected chi connectivity index (χ0v) is 10.1. The summed E-state index contributed by atoms with van der Waals surface area (Å²) in [6, 6.07) is 6.67. The Morgan fingerprint density at radius 1 is 1.47 bits per heavy atom. The van der Waals surface area contributed by atoms with Crippen LogP contribution in [0.4, 0.5) is 0 Å². The summed E-state index contributed by atoms with van der Waals surface area (Å²) in [5.74, 6) is 0.478. The van der Waals surface area contributed by atoms with Crippen LogP contribution in [-0.2, 0) is 0 Å². The van der Waals surface area contributed by atoms with Crippen LogP contribution in [0.2, 0.25) is 0 Å². The summed E-state index contributed by atoms with van der Waals surface area (Å²) in [4.78, 5) is 10.7. The van der Waals surface area contributed by atoms with Crippen LogP contribution >= 0.6 is 0 Å². The Bertz CT molecular complexity index is 386. The van der Waals surface area contributed by atoms with Crippen molar-refractivity contribution in [3.8, 4) is 5.75 Å². The third kappa shape index (κ3) is 3.06. The van der Waals surface area contributed by atoms with Gasteiger partial charge in [-0.3, -0.25) is 10.1 Å². The molecule has 0 N–H and O–H groups in total. The molecule has 0 saturated heterocycles. The number of methoxy groups -OCH3 is 1. The molecule has 4 heteroatoms. The number of rotatable bonds is 6. The maximum absolute atomic E-state index is 11.0. The van der Waals surface area contributed by atoms with Crippen molar-refractivity contribution in [3.05, 3.63) is 52.6 Å². The van der Waals surface area contributed by atoms with Crippen LogP contribution in [0, 0.1) is 10.1 Å². The van der Waals surface area contributed by atoms with Gasteiger partial charge >= 0.3 is 0 Å². The van der Waals surface area contributed by atoms with E-state index in [1.165, 1.54) is 0 Å². The molecule has 1 rings (SSSR count). The number of hydrogen-bond donors (Lipinski definition) is 0. The molecule has 0 spiro atoms. The first-order valence-electron chi connectivity index (χ1n) is 5.54. The van der Waals surface area contributed by atoms with Crippen molar-refractivity contribution >= 4 is 0 Å². The van der Waals surface area contributed by atoms with Crippen LogP contribution in [0.1, 0.15) is 24.8 Å². The van der Waals surface area contributed by atoms with Gasteiger partial charge in [-0.1, -0.05) is 25.1 Å². The van der Waals surface area contributed by atoms with Gasteiger partial charge < -0.3 is 4.74 Å². The zero-order valence-electron chi connectivity index (χ0n) is 10.1. The average Bonchev–Trinajstić information content (AvgIpc) is 2.35. The SMILES string of the molecule is C=CC(c1ccc(OC)cc1)C(CC)[N+](=O)[O-]. The van der Waals surface area contributed by atoms with E-state index in [4.69, 9.17) is 4.74 Å². The molecule has 0 aliphatic rings. The lowest BCUT2D eigenvalue weighted by Crippen LogP contribution is -2.25. The topological polar surface area (TPSA) is 52.4 Å². The minimum absolute atomic E-state index is 0.240. The number of nitrogens with zero attached hydrogens (tertiary/aromatic N) is 1. The van der Waals surface area contributed by atoms with E-state index in [0.29, 0.717) is 6.42 Å². The van der Waals surface area contributed by atoms with Crippen LogP contribution in [0.25, 0.3) is 0 Å². The molecule has 2 atom stereocenters. The molecule has 0 bridgehead atoms. The fourth-order valence-corrected chi connectivity index (χ4v) is 1.88. The number of benzene rings is 1. The van der Waals surface area contributed by atoms with Gasteiger partial charge in [0, 0.05) is 11.3 Å². The van der Waals surface area contributed by atoms with E-state index >= 15 is 0 Å². The van der Waals surface area contributed by atoms with Crippen LogP contribution in [0.3, 0.4) is 0 Å². The van der Waals surface area contributed by atoms with Crippen LogP contribution in [0.5, 0.6) is 5.75 Å². The fourth-order valence-electron chi connectivity index (χ4n) is 1.88. The van der Waals surface area contributed by atoms with E-state index in [9.17, 15) is 10.1 Å². The Morgan fingerprint density at radius 2 is 2.06 bits per heavy atom. The molecule has 0 aliphatic carbocycles. The summed E-state index contributed by atoms with van der Waals surface area (Å²) in [6.07, 6.45) is 2.12. The van der Waals surface area contributed by atoms with Crippen molar-refractivity contribution in [2.24, 2.45) is 0 Å². The van der Waals surface area contributed by atoms with Crippen molar-refractivity contribution in [2.45, 2.75) is 25.3 Å². The van der Waals surface area contributed by atoms with Crippen molar-refractivity contribution in [2.75, 3.05) is 7.11 Å². The molecule has 0 heterocycles. The molecule has 0 amide bonds. The quantitative estimate of drug-likeness (QED) is 0.432. The lowest BCUT2D eigenvalue weighted by Gasteiger charge is -2.17. The third-order valence-electron chi connectivity index (χ3n) is 2.86. The minimum Gasteiger partial charge on any atom is -0.497 e. The minimum atomic E-state index is -0.624. The van der Waals surface area contributed by atoms with E-state index in [2.05, 4.69) is 6.58 Å². The molecule has 0 fully saturated rings. The van der Waals surface area contributed by atoms with Gasteiger partial charge in [-0.25, -0.2) is 0 Å². The Balaban J connectivity index is 2.99. The summed E-state index contributed by atoms with van der Waals surface area (Å²) in [5, 5.41) is 11.0. The fraction of sp³-hybridized carbons (Fsp3) is 0.385.